The Bertz CT molecular complexity index is 1360. The number of nitrogens with zero attached hydrogens (tertiary/aromatic N) is 4. The van der Waals surface area contributed by atoms with E-state index in [1.54, 1.807) is 29.2 Å². The maximum atomic E-state index is 15.2. The molecule has 10 nitrogen and oxygen atoms in total. The van der Waals surface area contributed by atoms with Crippen molar-refractivity contribution in [3.63, 3.8) is 0 Å². The van der Waals surface area contributed by atoms with Gasteiger partial charge in [-0.2, -0.15) is 0 Å². The van der Waals surface area contributed by atoms with Gasteiger partial charge in [-0.25, -0.2) is 24.1 Å². The van der Waals surface area contributed by atoms with Crippen molar-refractivity contribution in [2.75, 3.05) is 38.2 Å². The van der Waals surface area contributed by atoms with Crippen LogP contribution in [0.2, 0.25) is 5.02 Å². The van der Waals surface area contributed by atoms with Gasteiger partial charge in [-0.1, -0.05) is 11.6 Å². The van der Waals surface area contributed by atoms with E-state index in [-0.39, 0.29) is 28.7 Å². The molecule has 40 heavy (non-hydrogen) atoms. The van der Waals surface area contributed by atoms with Gasteiger partial charge in [-0.05, 0) is 57.7 Å². The largest absolute Gasteiger partial charge is 0.492 e. The zero-order valence-corrected chi connectivity index (χ0v) is 23.5. The number of hydrogen-bond donors (Lipinski definition) is 1. The standard InChI is InChI=1S/C28H33ClFN5O5/c1-28(2,3)40-27(36)35-11-8-18(14-35)39-22-7-5-20-25(34-22)26(32-16-31-20)33-19-4-6-21(23(29)24(19)30)38-15-17-9-12-37-13-10-17/h4-7,16-18H,8-15H2,1-3H3,(H,31,32,33)/t18-/m0/s1. The highest BCUT2D eigenvalue weighted by Crippen LogP contribution is 2.35. The fraction of sp³-hybridized carbons (Fsp3) is 0.500. The Balaban J connectivity index is 1.27. The molecule has 12 heteroatoms. The topological polar surface area (TPSA) is 108 Å². The predicted molar refractivity (Wildman–Crippen MR) is 148 cm³/mol. The molecular weight excluding hydrogens is 541 g/mol. The van der Waals surface area contributed by atoms with Gasteiger partial charge in [-0.3, -0.25) is 0 Å². The lowest BCUT2D eigenvalue weighted by molar-refractivity contribution is 0.0275. The summed E-state index contributed by atoms with van der Waals surface area (Å²) in [6, 6.07) is 6.65. The van der Waals surface area contributed by atoms with E-state index >= 15 is 4.39 Å². The van der Waals surface area contributed by atoms with Crippen LogP contribution in [0.4, 0.5) is 20.7 Å². The summed E-state index contributed by atoms with van der Waals surface area (Å²) in [5.74, 6) is 0.623. The molecule has 2 aliphatic rings. The molecule has 1 aromatic carbocycles. The van der Waals surface area contributed by atoms with Gasteiger partial charge in [0.25, 0.3) is 0 Å². The molecule has 1 atom stereocenters. The number of hydrogen-bond acceptors (Lipinski definition) is 9. The monoisotopic (exact) mass is 573 g/mol. The quantitative estimate of drug-likeness (QED) is 0.377. The molecule has 1 N–H and O–H groups in total. The molecule has 1 amide bonds. The number of carbonyl (C=O) groups is 1. The van der Waals surface area contributed by atoms with Crippen LogP contribution in [-0.2, 0) is 9.47 Å². The highest BCUT2D eigenvalue weighted by molar-refractivity contribution is 6.32. The van der Waals surface area contributed by atoms with Crippen LogP contribution in [0, 0.1) is 11.7 Å². The molecule has 2 saturated heterocycles. The molecule has 0 radical (unpaired) electrons. The van der Waals surface area contributed by atoms with Crippen LogP contribution in [0.3, 0.4) is 0 Å². The van der Waals surface area contributed by atoms with E-state index in [1.807, 2.05) is 20.8 Å². The predicted octanol–water partition coefficient (Wildman–Crippen LogP) is 5.75. The fourth-order valence-corrected chi connectivity index (χ4v) is 4.77. The summed E-state index contributed by atoms with van der Waals surface area (Å²) in [6.45, 7) is 8.27. The smallest absolute Gasteiger partial charge is 0.410 e. The molecule has 2 fully saturated rings. The second-order valence-corrected chi connectivity index (χ2v) is 11.3. The van der Waals surface area contributed by atoms with Gasteiger partial charge >= 0.3 is 6.09 Å². The molecule has 2 aliphatic heterocycles. The van der Waals surface area contributed by atoms with Crippen molar-refractivity contribution in [3.8, 4) is 11.6 Å². The normalized spacial score (nSPS) is 18.1. The average Bonchev–Trinajstić information content (AvgIpc) is 3.39. The lowest BCUT2D eigenvalue weighted by Gasteiger charge is -2.24. The number of likely N-dealkylation sites (tertiary alicyclic amines) is 1. The number of anilines is 2. The van der Waals surface area contributed by atoms with Crippen molar-refractivity contribution in [1.29, 1.82) is 0 Å². The molecule has 4 heterocycles. The lowest BCUT2D eigenvalue weighted by Crippen LogP contribution is -2.36. The van der Waals surface area contributed by atoms with E-state index in [1.165, 1.54) is 6.33 Å². The molecule has 3 aromatic rings. The summed E-state index contributed by atoms with van der Waals surface area (Å²) in [4.78, 5) is 27.1. The number of ether oxygens (including phenoxy) is 4. The Labute approximate surface area is 237 Å². The van der Waals surface area contributed by atoms with E-state index in [4.69, 9.17) is 30.5 Å². The number of rotatable bonds is 7. The first-order valence-electron chi connectivity index (χ1n) is 13.4. The molecule has 2 aromatic heterocycles. The number of pyridine rings is 1. The summed E-state index contributed by atoms with van der Waals surface area (Å²) in [7, 11) is 0. The number of amides is 1. The highest BCUT2D eigenvalue weighted by atomic mass is 35.5. The third-order valence-electron chi connectivity index (χ3n) is 6.66. The van der Waals surface area contributed by atoms with Crippen molar-refractivity contribution in [1.82, 2.24) is 19.9 Å². The van der Waals surface area contributed by atoms with Gasteiger partial charge in [0.15, 0.2) is 11.6 Å². The van der Waals surface area contributed by atoms with Crippen molar-refractivity contribution < 1.29 is 28.1 Å². The van der Waals surface area contributed by atoms with E-state index in [0.717, 1.165) is 12.8 Å². The summed E-state index contributed by atoms with van der Waals surface area (Å²) in [5, 5.41) is 2.87. The Morgan fingerprint density at radius 1 is 1.18 bits per heavy atom. The number of halogens is 2. The number of nitrogens with one attached hydrogen (secondary N) is 1. The fourth-order valence-electron chi connectivity index (χ4n) is 4.55. The number of carbonyl (C=O) groups excluding carboxylic acids is 1. The number of fused-ring (bicyclic) bond motifs is 1. The van der Waals surface area contributed by atoms with Crippen molar-refractivity contribution in [2.24, 2.45) is 5.92 Å². The second-order valence-electron chi connectivity index (χ2n) is 10.9. The maximum Gasteiger partial charge on any atom is 0.410 e. The van der Waals surface area contributed by atoms with Gasteiger partial charge in [0.05, 0.1) is 24.4 Å². The minimum Gasteiger partial charge on any atom is -0.492 e. The minimum atomic E-state index is -0.654. The third kappa shape index (κ3) is 6.82. The lowest BCUT2D eigenvalue weighted by atomic mass is 10.0. The summed E-state index contributed by atoms with van der Waals surface area (Å²) < 4.78 is 38.0. The summed E-state index contributed by atoms with van der Waals surface area (Å²) in [5.41, 5.74) is 0.508. The van der Waals surface area contributed by atoms with Gasteiger partial charge in [0, 0.05) is 32.2 Å². The Morgan fingerprint density at radius 2 is 1.98 bits per heavy atom. The van der Waals surface area contributed by atoms with Crippen LogP contribution >= 0.6 is 11.6 Å². The van der Waals surface area contributed by atoms with Crippen molar-refractivity contribution >= 4 is 40.2 Å². The maximum absolute atomic E-state index is 15.2. The van der Waals surface area contributed by atoms with Crippen LogP contribution in [-0.4, -0.2) is 70.6 Å². The second kappa shape index (κ2) is 12.0. The molecule has 5 rings (SSSR count). The highest BCUT2D eigenvalue weighted by Gasteiger charge is 2.31. The zero-order valence-electron chi connectivity index (χ0n) is 22.8. The van der Waals surface area contributed by atoms with E-state index in [2.05, 4.69) is 20.3 Å². The average molecular weight is 574 g/mol. The zero-order chi connectivity index (χ0) is 28.3. The molecule has 214 valence electrons. The van der Waals surface area contributed by atoms with Crippen LogP contribution in [0.15, 0.2) is 30.6 Å². The molecular formula is C28H33ClFN5O5. The van der Waals surface area contributed by atoms with Crippen LogP contribution < -0.4 is 14.8 Å². The van der Waals surface area contributed by atoms with E-state index in [0.29, 0.717) is 68.0 Å². The van der Waals surface area contributed by atoms with Gasteiger partial charge in [0.2, 0.25) is 5.88 Å². The van der Waals surface area contributed by atoms with Crippen LogP contribution in [0.5, 0.6) is 11.6 Å². The van der Waals surface area contributed by atoms with E-state index in [9.17, 15) is 4.79 Å². The van der Waals surface area contributed by atoms with Crippen LogP contribution in [0.1, 0.15) is 40.0 Å². The van der Waals surface area contributed by atoms with Gasteiger partial charge in [0.1, 0.15) is 34.3 Å². The first-order chi connectivity index (χ1) is 19.2. The molecule has 0 bridgehead atoms. The number of benzene rings is 1. The number of aromatic nitrogens is 3. The third-order valence-corrected chi connectivity index (χ3v) is 7.01. The first kappa shape index (κ1) is 28.1. The molecule has 0 saturated carbocycles. The Hall–Kier alpha value is -3.44. The molecule has 0 aliphatic carbocycles. The van der Waals surface area contributed by atoms with E-state index < -0.39 is 11.4 Å². The SMILES string of the molecule is CC(C)(C)OC(=O)N1CC[C@H](Oc2ccc3ncnc(Nc4ccc(OCC5CCOCC5)c(Cl)c4F)c3n2)C1. The van der Waals surface area contributed by atoms with Crippen LogP contribution in [0.25, 0.3) is 11.0 Å². The summed E-state index contributed by atoms with van der Waals surface area (Å²) in [6.07, 6.45) is 3.20. The Kier molecular flexibility index (Phi) is 8.41. The Morgan fingerprint density at radius 3 is 2.75 bits per heavy atom. The van der Waals surface area contributed by atoms with Gasteiger partial charge < -0.3 is 29.2 Å². The molecule has 0 unspecified atom stereocenters. The first-order valence-corrected chi connectivity index (χ1v) is 13.8. The molecule has 0 spiro atoms. The summed E-state index contributed by atoms with van der Waals surface area (Å²) >= 11 is 6.32. The van der Waals surface area contributed by atoms with Gasteiger partial charge in [-0.15, -0.1) is 0 Å². The van der Waals surface area contributed by atoms with Crippen molar-refractivity contribution in [2.45, 2.75) is 51.7 Å². The minimum absolute atomic E-state index is 0.108. The van der Waals surface area contributed by atoms with Crippen molar-refractivity contribution in [3.05, 3.63) is 41.4 Å².